The van der Waals surface area contributed by atoms with Crippen LogP contribution >= 0.6 is 0 Å². The first-order valence-corrected chi connectivity index (χ1v) is 6.41. The first-order valence-electron chi connectivity index (χ1n) is 6.41. The summed E-state index contributed by atoms with van der Waals surface area (Å²) in [5.41, 5.74) is -0.620. The number of aliphatic hydroxyl groups is 1. The second kappa shape index (κ2) is 5.33. The first kappa shape index (κ1) is 12.8. The minimum Gasteiger partial charge on any atom is -0.390 e. The van der Waals surface area contributed by atoms with Crippen molar-refractivity contribution in [1.82, 2.24) is 10.2 Å². The molecule has 2 aliphatic rings. The molecule has 0 aromatic carbocycles. The average molecular weight is 242 g/mol. The lowest BCUT2D eigenvalue weighted by molar-refractivity contribution is -0.136. The number of nitrogens with one attached hydrogen (secondary N) is 1. The number of hydrogen-bond acceptors (Lipinski definition) is 4. The highest BCUT2D eigenvalue weighted by atomic mass is 16.5. The topological polar surface area (TPSA) is 61.8 Å². The molecule has 2 saturated heterocycles. The molecule has 2 unspecified atom stereocenters. The van der Waals surface area contributed by atoms with Crippen LogP contribution in [0.15, 0.2) is 0 Å². The second-order valence-corrected chi connectivity index (χ2v) is 5.26. The Hall–Kier alpha value is -0.650. The third kappa shape index (κ3) is 3.40. The molecule has 5 heteroatoms. The summed E-state index contributed by atoms with van der Waals surface area (Å²) in [6.45, 7) is 5.12. The van der Waals surface area contributed by atoms with Gasteiger partial charge in [0.2, 0.25) is 5.91 Å². The lowest BCUT2D eigenvalue weighted by Crippen LogP contribution is -2.52. The van der Waals surface area contributed by atoms with Gasteiger partial charge in [0.25, 0.3) is 0 Å². The Morgan fingerprint density at radius 3 is 3.00 bits per heavy atom. The summed E-state index contributed by atoms with van der Waals surface area (Å²) in [4.78, 5) is 14.1. The zero-order valence-corrected chi connectivity index (χ0v) is 10.4. The molecule has 0 radical (unpaired) electrons. The molecular weight excluding hydrogens is 220 g/mol. The molecule has 2 fully saturated rings. The Bertz CT molecular complexity index is 275. The predicted molar refractivity (Wildman–Crippen MR) is 63.7 cm³/mol. The van der Waals surface area contributed by atoms with E-state index >= 15 is 0 Å². The van der Waals surface area contributed by atoms with Crippen molar-refractivity contribution in [1.29, 1.82) is 0 Å². The third-order valence-corrected chi connectivity index (χ3v) is 3.60. The lowest BCUT2D eigenvalue weighted by atomic mass is 9.98. The van der Waals surface area contributed by atoms with Crippen molar-refractivity contribution in [2.24, 2.45) is 0 Å². The fourth-order valence-electron chi connectivity index (χ4n) is 2.43. The van der Waals surface area contributed by atoms with Gasteiger partial charge in [0, 0.05) is 19.6 Å². The van der Waals surface area contributed by atoms with E-state index in [1.54, 1.807) is 0 Å². The number of morpholine rings is 1. The van der Waals surface area contributed by atoms with Crippen molar-refractivity contribution in [2.45, 2.75) is 37.8 Å². The van der Waals surface area contributed by atoms with E-state index in [1.807, 2.05) is 11.8 Å². The van der Waals surface area contributed by atoms with E-state index in [1.165, 1.54) is 0 Å². The van der Waals surface area contributed by atoms with Crippen molar-refractivity contribution < 1.29 is 14.6 Å². The monoisotopic (exact) mass is 242 g/mol. The number of ether oxygens (including phenoxy) is 1. The molecule has 0 aromatic heterocycles. The van der Waals surface area contributed by atoms with Gasteiger partial charge in [-0.1, -0.05) is 0 Å². The van der Waals surface area contributed by atoms with Crippen molar-refractivity contribution >= 4 is 5.91 Å². The van der Waals surface area contributed by atoms with Gasteiger partial charge < -0.3 is 20.1 Å². The highest BCUT2D eigenvalue weighted by Gasteiger charge is 2.31. The molecule has 2 rings (SSSR count). The summed E-state index contributed by atoms with van der Waals surface area (Å²) in [7, 11) is 0. The van der Waals surface area contributed by atoms with E-state index in [-0.39, 0.29) is 11.9 Å². The Morgan fingerprint density at radius 2 is 2.29 bits per heavy atom. The van der Waals surface area contributed by atoms with E-state index in [2.05, 4.69) is 5.32 Å². The average Bonchev–Trinajstić information content (AvgIpc) is 2.50. The maximum absolute atomic E-state index is 12.2. The SMILES string of the molecule is CC1(O)CCCN(C(=O)C2COCCN2)CC1. The fraction of sp³-hybridized carbons (Fsp3) is 0.917. The summed E-state index contributed by atoms with van der Waals surface area (Å²) in [5, 5.41) is 13.2. The Kier molecular flexibility index (Phi) is 4.01. The summed E-state index contributed by atoms with van der Waals surface area (Å²) >= 11 is 0. The van der Waals surface area contributed by atoms with Crippen LogP contribution in [0.2, 0.25) is 0 Å². The molecule has 0 bridgehead atoms. The summed E-state index contributed by atoms with van der Waals surface area (Å²) < 4.78 is 5.31. The van der Waals surface area contributed by atoms with Gasteiger partial charge >= 0.3 is 0 Å². The van der Waals surface area contributed by atoms with E-state index in [9.17, 15) is 9.90 Å². The zero-order chi connectivity index (χ0) is 12.3. The maximum Gasteiger partial charge on any atom is 0.242 e. The van der Waals surface area contributed by atoms with Crippen LogP contribution in [-0.4, -0.2) is 60.4 Å². The van der Waals surface area contributed by atoms with Gasteiger partial charge in [0.05, 0.1) is 18.8 Å². The van der Waals surface area contributed by atoms with Crippen LogP contribution in [0.5, 0.6) is 0 Å². The molecule has 17 heavy (non-hydrogen) atoms. The van der Waals surface area contributed by atoms with Gasteiger partial charge in [-0.15, -0.1) is 0 Å². The van der Waals surface area contributed by atoms with Crippen LogP contribution in [0, 0.1) is 0 Å². The quantitative estimate of drug-likeness (QED) is 0.665. The second-order valence-electron chi connectivity index (χ2n) is 5.26. The molecule has 2 heterocycles. The smallest absolute Gasteiger partial charge is 0.242 e. The fourth-order valence-corrected chi connectivity index (χ4v) is 2.43. The zero-order valence-electron chi connectivity index (χ0n) is 10.4. The van der Waals surface area contributed by atoms with Gasteiger partial charge in [-0.05, 0) is 26.2 Å². The molecule has 2 atom stereocenters. The van der Waals surface area contributed by atoms with Crippen LogP contribution < -0.4 is 5.32 Å². The minimum atomic E-state index is -0.620. The predicted octanol–water partition coefficient (Wildman–Crippen LogP) is -0.262. The van der Waals surface area contributed by atoms with Gasteiger partial charge in [-0.25, -0.2) is 0 Å². The van der Waals surface area contributed by atoms with Crippen LogP contribution in [0.1, 0.15) is 26.2 Å². The molecule has 2 aliphatic heterocycles. The third-order valence-electron chi connectivity index (χ3n) is 3.60. The first-order chi connectivity index (χ1) is 8.08. The largest absolute Gasteiger partial charge is 0.390 e. The van der Waals surface area contributed by atoms with Crippen molar-refractivity contribution in [2.75, 3.05) is 32.8 Å². The number of hydrogen-bond donors (Lipinski definition) is 2. The molecule has 0 aliphatic carbocycles. The van der Waals surface area contributed by atoms with Gasteiger partial charge in [0.15, 0.2) is 0 Å². The number of carbonyl (C=O) groups excluding carboxylic acids is 1. The number of nitrogens with zero attached hydrogens (tertiary/aromatic N) is 1. The van der Waals surface area contributed by atoms with Crippen LogP contribution in [-0.2, 0) is 9.53 Å². The number of amides is 1. The Labute approximate surface area is 102 Å². The molecule has 0 spiro atoms. The Balaban J connectivity index is 1.90. The van der Waals surface area contributed by atoms with Gasteiger partial charge in [-0.3, -0.25) is 4.79 Å². The van der Waals surface area contributed by atoms with Crippen molar-refractivity contribution in [3.05, 3.63) is 0 Å². The maximum atomic E-state index is 12.2. The highest BCUT2D eigenvalue weighted by Crippen LogP contribution is 2.21. The summed E-state index contributed by atoms with van der Waals surface area (Å²) in [5.74, 6) is 0.113. The lowest BCUT2D eigenvalue weighted by Gasteiger charge is -2.29. The molecule has 1 amide bonds. The van der Waals surface area contributed by atoms with Crippen molar-refractivity contribution in [3.8, 4) is 0 Å². The highest BCUT2D eigenvalue weighted by molar-refractivity contribution is 5.82. The number of rotatable bonds is 1. The summed E-state index contributed by atoms with van der Waals surface area (Å²) in [6.07, 6.45) is 2.30. The molecule has 0 aromatic rings. The molecule has 5 nitrogen and oxygen atoms in total. The minimum absolute atomic E-state index is 0.113. The summed E-state index contributed by atoms with van der Waals surface area (Å²) in [6, 6.07) is -0.202. The van der Waals surface area contributed by atoms with Crippen LogP contribution in [0.4, 0.5) is 0 Å². The molecule has 2 N–H and O–H groups in total. The van der Waals surface area contributed by atoms with Gasteiger partial charge in [0.1, 0.15) is 6.04 Å². The van der Waals surface area contributed by atoms with Crippen LogP contribution in [0.25, 0.3) is 0 Å². The molecule has 0 saturated carbocycles. The van der Waals surface area contributed by atoms with Crippen LogP contribution in [0.3, 0.4) is 0 Å². The molecule has 98 valence electrons. The van der Waals surface area contributed by atoms with Gasteiger partial charge in [-0.2, -0.15) is 0 Å². The molecular formula is C12H22N2O3. The van der Waals surface area contributed by atoms with Crippen molar-refractivity contribution in [3.63, 3.8) is 0 Å². The Morgan fingerprint density at radius 1 is 1.47 bits per heavy atom. The van der Waals surface area contributed by atoms with E-state index in [0.717, 1.165) is 25.9 Å². The normalized spacial score (nSPS) is 35.4. The number of carbonyl (C=O) groups is 1. The standard InChI is InChI=1S/C12H22N2O3/c1-12(16)3-2-6-14(7-4-12)11(15)10-9-17-8-5-13-10/h10,13,16H,2-9H2,1H3. The van der Waals surface area contributed by atoms with E-state index in [0.29, 0.717) is 26.2 Å². The number of likely N-dealkylation sites (tertiary alicyclic amines) is 1. The van der Waals surface area contributed by atoms with E-state index < -0.39 is 5.60 Å². The van der Waals surface area contributed by atoms with E-state index in [4.69, 9.17) is 4.74 Å².